The Kier molecular flexibility index (Phi) is 5.17. The second kappa shape index (κ2) is 6.89. The van der Waals surface area contributed by atoms with Crippen LogP contribution in [0.25, 0.3) is 10.9 Å². The van der Waals surface area contributed by atoms with E-state index in [-0.39, 0.29) is 17.6 Å². The van der Waals surface area contributed by atoms with Crippen molar-refractivity contribution in [3.8, 4) is 0 Å². The molecule has 1 aromatic heterocycles. The lowest BCUT2D eigenvalue weighted by molar-refractivity contribution is -0.142. The van der Waals surface area contributed by atoms with Crippen LogP contribution in [0.3, 0.4) is 0 Å². The summed E-state index contributed by atoms with van der Waals surface area (Å²) in [7, 11) is 0. The summed E-state index contributed by atoms with van der Waals surface area (Å²) < 4.78 is 39.0. The lowest BCUT2D eigenvalue weighted by atomic mass is 10.1. The highest BCUT2D eigenvalue weighted by Crippen LogP contribution is 2.29. The largest absolute Gasteiger partial charge is 0.349 e. The zero-order chi connectivity index (χ0) is 15.4. The van der Waals surface area contributed by atoms with Gasteiger partial charge in [-0.05, 0) is 31.5 Å². The predicted molar refractivity (Wildman–Crippen MR) is 75.5 cm³/mol. The quantitative estimate of drug-likeness (QED) is 0.832. The van der Waals surface area contributed by atoms with Crippen molar-refractivity contribution >= 4 is 10.9 Å². The Balaban J connectivity index is 2.59. The monoisotopic (exact) mass is 296 g/mol. The Morgan fingerprint density at radius 1 is 1.14 bits per heavy atom. The molecule has 2 N–H and O–H groups in total. The van der Waals surface area contributed by atoms with Gasteiger partial charge < -0.3 is 15.2 Å². The van der Waals surface area contributed by atoms with Gasteiger partial charge in [-0.1, -0.05) is 0 Å². The zero-order valence-electron chi connectivity index (χ0n) is 12.0. The molecule has 2 aromatic rings. The number of rotatable bonds is 6. The number of pyridine rings is 1. The van der Waals surface area contributed by atoms with Crippen molar-refractivity contribution in [1.29, 1.82) is 0 Å². The third-order valence-corrected chi connectivity index (χ3v) is 3.06. The summed E-state index contributed by atoms with van der Waals surface area (Å²) in [4.78, 5) is 3.93. The van der Waals surface area contributed by atoms with Crippen molar-refractivity contribution in [2.24, 2.45) is 5.73 Å². The first-order valence-electron chi connectivity index (χ1n) is 6.82. The third-order valence-electron chi connectivity index (χ3n) is 3.06. The zero-order valence-corrected chi connectivity index (χ0v) is 12.0. The molecule has 0 spiro atoms. The van der Waals surface area contributed by atoms with E-state index in [1.807, 2.05) is 0 Å². The molecule has 4 nitrogen and oxygen atoms in total. The molecule has 21 heavy (non-hydrogen) atoms. The van der Waals surface area contributed by atoms with Gasteiger partial charge in [0.1, 0.15) is 5.52 Å². The number of benzene rings is 1. The summed E-state index contributed by atoms with van der Waals surface area (Å²) in [5, 5.41) is 0.469. The Bertz CT molecular complexity index is 629. The number of aromatic nitrogens is 1. The summed E-state index contributed by atoms with van der Waals surface area (Å²) >= 11 is 0. The first-order valence-corrected chi connectivity index (χ1v) is 6.82. The predicted octanol–water partition coefficient (Wildman–Crippen LogP) is 3.04. The Hall–Kier alpha value is -1.63. The smallest absolute Gasteiger partial charge is 0.186 e. The van der Waals surface area contributed by atoms with Gasteiger partial charge in [-0.15, -0.1) is 0 Å². The van der Waals surface area contributed by atoms with Crippen LogP contribution in [-0.4, -0.2) is 18.2 Å². The third kappa shape index (κ3) is 3.18. The molecule has 0 fully saturated rings. The molecule has 0 radical (unpaired) electrons. The summed E-state index contributed by atoms with van der Waals surface area (Å²) in [5.41, 5.74) is 6.28. The van der Waals surface area contributed by atoms with E-state index in [4.69, 9.17) is 15.2 Å². The van der Waals surface area contributed by atoms with Crippen LogP contribution in [0.4, 0.5) is 8.78 Å². The second-order valence-corrected chi connectivity index (χ2v) is 4.46. The first-order chi connectivity index (χ1) is 10.1. The van der Waals surface area contributed by atoms with Gasteiger partial charge in [-0.2, -0.15) is 0 Å². The van der Waals surface area contributed by atoms with Crippen LogP contribution in [0.2, 0.25) is 0 Å². The number of fused-ring (bicyclic) bond motifs is 1. The van der Waals surface area contributed by atoms with Crippen LogP contribution in [-0.2, 0) is 16.0 Å². The molecule has 0 bridgehead atoms. The van der Waals surface area contributed by atoms with Gasteiger partial charge in [0.05, 0.1) is 0 Å². The van der Waals surface area contributed by atoms with Crippen LogP contribution >= 0.6 is 0 Å². The maximum atomic E-state index is 14.2. The van der Waals surface area contributed by atoms with Crippen molar-refractivity contribution in [3.63, 3.8) is 0 Å². The highest BCUT2D eigenvalue weighted by Gasteiger charge is 2.22. The minimum absolute atomic E-state index is 0.0275. The summed E-state index contributed by atoms with van der Waals surface area (Å²) in [6, 6.07) is 3.18. The molecule has 1 aromatic carbocycles. The van der Waals surface area contributed by atoms with Crippen molar-refractivity contribution < 1.29 is 18.3 Å². The minimum Gasteiger partial charge on any atom is -0.349 e. The van der Waals surface area contributed by atoms with E-state index in [9.17, 15) is 8.78 Å². The van der Waals surface area contributed by atoms with E-state index < -0.39 is 17.9 Å². The fourth-order valence-electron chi connectivity index (χ4n) is 2.10. The highest BCUT2D eigenvalue weighted by molar-refractivity contribution is 5.80. The fraction of sp³-hybridized carbons (Fsp3) is 0.400. The molecule has 2 rings (SSSR count). The average Bonchev–Trinajstić information content (AvgIpc) is 2.50. The molecule has 0 aliphatic rings. The van der Waals surface area contributed by atoms with Gasteiger partial charge in [0.2, 0.25) is 0 Å². The van der Waals surface area contributed by atoms with E-state index in [1.54, 1.807) is 19.9 Å². The van der Waals surface area contributed by atoms with Gasteiger partial charge in [-0.25, -0.2) is 8.78 Å². The lowest BCUT2D eigenvalue weighted by Gasteiger charge is -2.18. The van der Waals surface area contributed by atoms with Crippen LogP contribution in [0.15, 0.2) is 18.3 Å². The van der Waals surface area contributed by atoms with Gasteiger partial charge in [0.25, 0.3) is 0 Å². The molecule has 1 heterocycles. The molecule has 0 atom stereocenters. The van der Waals surface area contributed by atoms with Gasteiger partial charge >= 0.3 is 0 Å². The number of hydrogen-bond donors (Lipinski definition) is 1. The van der Waals surface area contributed by atoms with Crippen LogP contribution in [0.1, 0.15) is 31.3 Å². The van der Waals surface area contributed by atoms with Gasteiger partial charge in [-0.3, -0.25) is 4.98 Å². The van der Waals surface area contributed by atoms with Crippen LogP contribution in [0.5, 0.6) is 0 Å². The van der Waals surface area contributed by atoms with Crippen LogP contribution < -0.4 is 5.73 Å². The number of nitrogens with zero attached hydrogens (tertiary/aromatic N) is 1. The summed E-state index contributed by atoms with van der Waals surface area (Å²) in [5.74, 6) is -2.00. The van der Waals surface area contributed by atoms with Gasteiger partial charge in [0.15, 0.2) is 17.9 Å². The second-order valence-electron chi connectivity index (χ2n) is 4.46. The minimum atomic E-state index is -1.00. The van der Waals surface area contributed by atoms with Gasteiger partial charge in [0, 0.05) is 36.9 Å². The van der Waals surface area contributed by atoms with Crippen molar-refractivity contribution in [1.82, 2.24) is 4.98 Å². The Labute approximate surface area is 121 Å². The van der Waals surface area contributed by atoms with E-state index in [0.717, 1.165) is 5.56 Å². The van der Waals surface area contributed by atoms with E-state index in [1.165, 1.54) is 12.3 Å². The summed E-state index contributed by atoms with van der Waals surface area (Å²) in [6.45, 7) is 4.44. The number of hydrogen-bond acceptors (Lipinski definition) is 4. The first kappa shape index (κ1) is 15.8. The topological polar surface area (TPSA) is 57.4 Å². The number of halogens is 2. The maximum absolute atomic E-state index is 14.2. The molecule has 0 amide bonds. The molecule has 0 unspecified atom stereocenters. The van der Waals surface area contributed by atoms with Crippen molar-refractivity contribution in [3.05, 3.63) is 41.1 Å². The highest BCUT2D eigenvalue weighted by atomic mass is 19.2. The molecular weight excluding hydrogens is 278 g/mol. The molecule has 0 aliphatic heterocycles. The molecular formula is C15H18F2N2O2. The number of ether oxygens (including phenoxy) is 2. The number of nitrogens with two attached hydrogens (primary N) is 1. The molecule has 0 saturated heterocycles. The maximum Gasteiger partial charge on any atom is 0.186 e. The molecule has 6 heteroatoms. The molecule has 0 aliphatic carbocycles. The summed E-state index contributed by atoms with van der Waals surface area (Å²) in [6.07, 6.45) is 0.494. The van der Waals surface area contributed by atoms with Crippen molar-refractivity contribution in [2.75, 3.05) is 13.2 Å². The standard InChI is InChI=1S/C15H18F2N2O2/c1-3-20-15(21-4-2)11-6-10-5-9(7-18)8-19-14(10)13(17)12(11)16/h5-6,8,15H,3-4,7,18H2,1-2H3. The Morgan fingerprint density at radius 3 is 2.38 bits per heavy atom. The fourth-order valence-corrected chi connectivity index (χ4v) is 2.10. The normalized spacial score (nSPS) is 11.5. The van der Waals surface area contributed by atoms with Crippen molar-refractivity contribution in [2.45, 2.75) is 26.7 Å². The van der Waals surface area contributed by atoms with Crippen LogP contribution in [0, 0.1) is 11.6 Å². The molecule has 0 saturated carbocycles. The van der Waals surface area contributed by atoms with E-state index >= 15 is 0 Å². The lowest BCUT2D eigenvalue weighted by Crippen LogP contribution is -2.12. The van der Waals surface area contributed by atoms with E-state index in [2.05, 4.69) is 4.98 Å². The SMILES string of the molecule is CCOC(OCC)c1cc2cc(CN)cnc2c(F)c1F. The molecule has 114 valence electrons. The van der Waals surface area contributed by atoms with E-state index in [0.29, 0.717) is 18.6 Å². The Morgan fingerprint density at radius 2 is 1.81 bits per heavy atom. The average molecular weight is 296 g/mol.